The van der Waals surface area contributed by atoms with Crippen LogP contribution in [0.5, 0.6) is 0 Å². The van der Waals surface area contributed by atoms with E-state index >= 15 is 0 Å². The van der Waals surface area contributed by atoms with Crippen molar-refractivity contribution in [2.45, 2.75) is 25.3 Å². The van der Waals surface area contributed by atoms with Crippen LogP contribution >= 0.6 is 0 Å². The van der Waals surface area contributed by atoms with Gasteiger partial charge in [-0.05, 0) is 49.7 Å². The molecule has 0 fully saturated rings. The fourth-order valence-electron chi connectivity index (χ4n) is 2.68. The molecular formula is C19H20FN5O2S. The standard InChI is InChI=1S/C19H20FN5O2S/c1-12-8-13(2)25(24-12)18-7-4-14(10-21-18)11-22-19(26)23-15-5-6-17(28(3)27)16(20)9-15/h4-10H,11H2,1-3H3,(H2,22,23,26). The van der Waals surface area contributed by atoms with E-state index in [1.165, 1.54) is 18.4 Å². The lowest BCUT2D eigenvalue weighted by Gasteiger charge is -2.09. The summed E-state index contributed by atoms with van der Waals surface area (Å²) in [6, 6.07) is 9.20. The summed E-state index contributed by atoms with van der Waals surface area (Å²) >= 11 is 0. The van der Waals surface area contributed by atoms with Crippen LogP contribution in [-0.4, -0.2) is 31.3 Å². The molecule has 0 radical (unpaired) electrons. The molecule has 1 unspecified atom stereocenters. The van der Waals surface area contributed by atoms with Crippen LogP contribution in [0.3, 0.4) is 0 Å². The Bertz CT molecular complexity index is 1030. The van der Waals surface area contributed by atoms with Crippen molar-refractivity contribution in [3.63, 3.8) is 0 Å². The Labute approximate surface area is 164 Å². The predicted octanol–water partition coefficient (Wildman–Crippen LogP) is 3.08. The number of rotatable bonds is 5. The summed E-state index contributed by atoms with van der Waals surface area (Å²) in [4.78, 5) is 16.5. The van der Waals surface area contributed by atoms with Crippen molar-refractivity contribution < 1.29 is 13.4 Å². The van der Waals surface area contributed by atoms with Crippen molar-refractivity contribution in [3.8, 4) is 5.82 Å². The van der Waals surface area contributed by atoms with Crippen LogP contribution in [0.4, 0.5) is 14.9 Å². The summed E-state index contributed by atoms with van der Waals surface area (Å²) in [5, 5.41) is 9.61. The van der Waals surface area contributed by atoms with Crippen LogP contribution in [0.15, 0.2) is 47.5 Å². The lowest BCUT2D eigenvalue weighted by Crippen LogP contribution is -2.28. The van der Waals surface area contributed by atoms with E-state index in [1.54, 1.807) is 10.9 Å². The number of pyridine rings is 1. The number of nitrogens with zero attached hydrogens (tertiary/aromatic N) is 3. The molecule has 1 aromatic carbocycles. The first-order valence-corrected chi connectivity index (χ1v) is 10.1. The van der Waals surface area contributed by atoms with Gasteiger partial charge in [0.15, 0.2) is 5.82 Å². The number of urea groups is 1. The number of hydrogen-bond donors (Lipinski definition) is 2. The van der Waals surface area contributed by atoms with E-state index in [1.807, 2.05) is 32.0 Å². The summed E-state index contributed by atoms with van der Waals surface area (Å²) < 4.78 is 26.9. The maximum Gasteiger partial charge on any atom is 0.319 e. The zero-order valence-corrected chi connectivity index (χ0v) is 16.5. The van der Waals surface area contributed by atoms with E-state index in [2.05, 4.69) is 20.7 Å². The minimum absolute atomic E-state index is 0.0970. The van der Waals surface area contributed by atoms with Gasteiger partial charge in [-0.15, -0.1) is 0 Å². The molecule has 28 heavy (non-hydrogen) atoms. The Morgan fingerprint density at radius 1 is 1.21 bits per heavy atom. The van der Waals surface area contributed by atoms with Crippen molar-refractivity contribution in [2.75, 3.05) is 11.6 Å². The molecule has 1 atom stereocenters. The Kier molecular flexibility index (Phi) is 5.84. The van der Waals surface area contributed by atoms with Gasteiger partial charge in [-0.2, -0.15) is 5.10 Å². The zero-order valence-electron chi connectivity index (χ0n) is 15.7. The minimum atomic E-state index is -1.42. The van der Waals surface area contributed by atoms with E-state index in [9.17, 15) is 13.4 Å². The quantitative estimate of drug-likeness (QED) is 0.688. The van der Waals surface area contributed by atoms with Crippen LogP contribution in [0, 0.1) is 19.7 Å². The van der Waals surface area contributed by atoms with Crippen LogP contribution in [0.1, 0.15) is 17.0 Å². The minimum Gasteiger partial charge on any atom is -0.334 e. The fourth-order valence-corrected chi connectivity index (χ4v) is 3.27. The Balaban J connectivity index is 1.58. The molecule has 2 N–H and O–H groups in total. The number of halogens is 1. The Morgan fingerprint density at radius 2 is 2.00 bits per heavy atom. The molecule has 0 saturated carbocycles. The summed E-state index contributed by atoms with van der Waals surface area (Å²) in [7, 11) is -1.42. The summed E-state index contributed by atoms with van der Waals surface area (Å²) in [5.74, 6) is 0.0743. The predicted molar refractivity (Wildman–Crippen MR) is 105 cm³/mol. The first kappa shape index (κ1) is 19.7. The van der Waals surface area contributed by atoms with Crippen LogP contribution in [0.2, 0.25) is 0 Å². The highest BCUT2D eigenvalue weighted by molar-refractivity contribution is 7.84. The van der Waals surface area contributed by atoms with E-state index < -0.39 is 22.6 Å². The highest BCUT2D eigenvalue weighted by atomic mass is 32.2. The second-order valence-electron chi connectivity index (χ2n) is 6.27. The number of nitrogens with one attached hydrogen (secondary N) is 2. The van der Waals surface area contributed by atoms with E-state index in [4.69, 9.17) is 0 Å². The molecule has 2 aromatic heterocycles. The second kappa shape index (κ2) is 8.30. The van der Waals surface area contributed by atoms with Crippen molar-refractivity contribution in [1.29, 1.82) is 0 Å². The third-order valence-corrected chi connectivity index (χ3v) is 4.94. The van der Waals surface area contributed by atoms with Gasteiger partial charge in [0.25, 0.3) is 0 Å². The summed E-state index contributed by atoms with van der Waals surface area (Å²) in [6.45, 7) is 4.13. The fraction of sp³-hybridized carbons (Fsp3) is 0.211. The molecule has 0 bridgehead atoms. The largest absolute Gasteiger partial charge is 0.334 e. The second-order valence-corrected chi connectivity index (χ2v) is 7.62. The van der Waals surface area contributed by atoms with Crippen molar-refractivity contribution in [2.24, 2.45) is 0 Å². The van der Waals surface area contributed by atoms with Gasteiger partial charge in [0.2, 0.25) is 0 Å². The molecule has 0 aliphatic heterocycles. The van der Waals surface area contributed by atoms with Crippen LogP contribution in [-0.2, 0) is 17.3 Å². The first-order valence-electron chi connectivity index (χ1n) is 8.50. The van der Waals surface area contributed by atoms with Crippen LogP contribution < -0.4 is 10.6 Å². The lowest BCUT2D eigenvalue weighted by atomic mass is 10.3. The molecule has 7 nitrogen and oxygen atoms in total. The van der Waals surface area contributed by atoms with Gasteiger partial charge < -0.3 is 10.6 Å². The normalized spacial score (nSPS) is 11.9. The average Bonchev–Trinajstić information content (AvgIpc) is 2.98. The third kappa shape index (κ3) is 4.61. The molecule has 146 valence electrons. The van der Waals surface area contributed by atoms with Crippen LogP contribution in [0.25, 0.3) is 5.82 Å². The van der Waals surface area contributed by atoms with Gasteiger partial charge in [-0.1, -0.05) is 6.07 Å². The molecule has 2 heterocycles. The smallest absolute Gasteiger partial charge is 0.319 e. The molecule has 0 aliphatic rings. The topological polar surface area (TPSA) is 88.9 Å². The Morgan fingerprint density at radius 3 is 2.57 bits per heavy atom. The number of amides is 2. The average molecular weight is 401 g/mol. The number of carbonyl (C=O) groups excluding carboxylic acids is 1. The maximum atomic E-state index is 13.8. The SMILES string of the molecule is Cc1cc(C)n(-c2ccc(CNC(=O)Nc3ccc(S(C)=O)c(F)c3)cn2)n1. The molecule has 3 rings (SSSR count). The summed E-state index contributed by atoms with van der Waals surface area (Å²) in [5.41, 5.74) is 2.99. The molecule has 0 saturated heterocycles. The number of carbonyl (C=O) groups is 1. The van der Waals surface area contributed by atoms with Crippen molar-refractivity contribution in [3.05, 3.63) is 65.4 Å². The van der Waals surface area contributed by atoms with Crippen molar-refractivity contribution in [1.82, 2.24) is 20.1 Å². The maximum absolute atomic E-state index is 13.8. The van der Waals surface area contributed by atoms with E-state index in [-0.39, 0.29) is 17.1 Å². The number of aryl methyl sites for hydroxylation is 2. The molecule has 3 aromatic rings. The first-order chi connectivity index (χ1) is 13.3. The lowest BCUT2D eigenvalue weighted by molar-refractivity contribution is 0.251. The van der Waals surface area contributed by atoms with Gasteiger partial charge in [0.05, 0.1) is 21.4 Å². The van der Waals surface area contributed by atoms with E-state index in [0.29, 0.717) is 5.82 Å². The molecular weight excluding hydrogens is 381 g/mol. The van der Waals surface area contributed by atoms with Crippen molar-refractivity contribution >= 4 is 22.5 Å². The summed E-state index contributed by atoms with van der Waals surface area (Å²) in [6.07, 6.45) is 3.06. The Hall–Kier alpha value is -3.07. The van der Waals surface area contributed by atoms with Gasteiger partial charge in [0.1, 0.15) is 5.82 Å². The number of hydrogen-bond acceptors (Lipinski definition) is 4. The highest BCUT2D eigenvalue weighted by Crippen LogP contribution is 2.17. The number of aromatic nitrogens is 3. The van der Waals surface area contributed by atoms with Gasteiger partial charge in [-0.25, -0.2) is 18.9 Å². The zero-order chi connectivity index (χ0) is 20.3. The molecule has 0 aliphatic carbocycles. The van der Waals surface area contributed by atoms with E-state index in [0.717, 1.165) is 23.0 Å². The number of benzene rings is 1. The molecule has 2 amide bonds. The van der Waals surface area contributed by atoms with Gasteiger partial charge in [0, 0.05) is 30.4 Å². The highest BCUT2D eigenvalue weighted by Gasteiger charge is 2.09. The molecule has 9 heteroatoms. The monoisotopic (exact) mass is 401 g/mol. The molecule has 0 spiro atoms. The van der Waals surface area contributed by atoms with Gasteiger partial charge >= 0.3 is 6.03 Å². The third-order valence-electron chi connectivity index (χ3n) is 3.99. The van der Waals surface area contributed by atoms with Gasteiger partial charge in [-0.3, -0.25) is 4.21 Å². The number of anilines is 1.